The van der Waals surface area contributed by atoms with Gasteiger partial charge in [0, 0.05) is 18.2 Å². The van der Waals surface area contributed by atoms with Crippen molar-refractivity contribution < 1.29 is 23.1 Å². The van der Waals surface area contributed by atoms with Crippen molar-refractivity contribution in [3.8, 4) is 0 Å². The number of rotatable bonds is 4. The van der Waals surface area contributed by atoms with Crippen LogP contribution in [0, 0.1) is 17.6 Å². The molecule has 2 amide bonds. The first-order valence-corrected chi connectivity index (χ1v) is 9.54. The number of hydrogen-bond acceptors (Lipinski definition) is 3. The Labute approximate surface area is 158 Å². The molecule has 0 unspecified atom stereocenters. The standard InChI is InChI=1S/C20H26F2N2O3/c1-13(2)11-23-18(25)17-12-27-20(6-4-3-5-7-20)24(17)19(26)14-8-15(21)10-16(22)9-14/h8-10,13,17H,3-7,11-12H2,1-2H3,(H,23,25)/t17-/m0/s1. The van der Waals surface area contributed by atoms with Gasteiger partial charge in [0.25, 0.3) is 5.91 Å². The zero-order valence-corrected chi connectivity index (χ0v) is 15.8. The van der Waals surface area contributed by atoms with Crippen molar-refractivity contribution >= 4 is 11.8 Å². The minimum atomic E-state index is -0.877. The monoisotopic (exact) mass is 380 g/mol. The number of halogens is 2. The second-order valence-corrected chi connectivity index (χ2v) is 7.81. The summed E-state index contributed by atoms with van der Waals surface area (Å²) in [6.07, 6.45) is 4.02. The van der Waals surface area contributed by atoms with Crippen LogP contribution in [0.3, 0.4) is 0 Å². The molecule has 1 spiro atoms. The molecule has 2 aliphatic rings. The lowest BCUT2D eigenvalue weighted by Crippen LogP contribution is -2.56. The summed E-state index contributed by atoms with van der Waals surface area (Å²) in [6.45, 7) is 4.53. The van der Waals surface area contributed by atoms with Crippen LogP contribution in [0.25, 0.3) is 0 Å². The molecule has 1 atom stereocenters. The van der Waals surface area contributed by atoms with Gasteiger partial charge in [0.05, 0.1) is 6.61 Å². The third kappa shape index (κ3) is 4.13. The Bertz CT molecular complexity index is 697. The van der Waals surface area contributed by atoms with Crippen molar-refractivity contribution in [1.82, 2.24) is 10.2 Å². The topological polar surface area (TPSA) is 58.6 Å². The average Bonchev–Trinajstić information content (AvgIpc) is 2.97. The Morgan fingerprint density at radius 2 is 1.81 bits per heavy atom. The molecule has 2 fully saturated rings. The lowest BCUT2D eigenvalue weighted by Gasteiger charge is -2.41. The molecule has 1 aliphatic heterocycles. The van der Waals surface area contributed by atoms with Crippen molar-refractivity contribution in [2.75, 3.05) is 13.2 Å². The van der Waals surface area contributed by atoms with Crippen LogP contribution in [-0.4, -0.2) is 41.6 Å². The number of benzene rings is 1. The van der Waals surface area contributed by atoms with Gasteiger partial charge in [0.1, 0.15) is 23.4 Å². The lowest BCUT2D eigenvalue weighted by molar-refractivity contribution is -0.127. The minimum Gasteiger partial charge on any atom is -0.354 e. The van der Waals surface area contributed by atoms with Gasteiger partial charge in [-0.25, -0.2) is 8.78 Å². The van der Waals surface area contributed by atoms with Crippen molar-refractivity contribution in [2.24, 2.45) is 5.92 Å². The molecule has 1 aromatic carbocycles. The Hall–Kier alpha value is -2.02. The number of nitrogens with zero attached hydrogens (tertiary/aromatic N) is 1. The number of hydrogen-bond donors (Lipinski definition) is 1. The first-order valence-electron chi connectivity index (χ1n) is 9.54. The molecule has 5 nitrogen and oxygen atoms in total. The summed E-state index contributed by atoms with van der Waals surface area (Å²) in [5.41, 5.74) is -0.984. The van der Waals surface area contributed by atoms with E-state index in [4.69, 9.17) is 4.74 Å². The van der Waals surface area contributed by atoms with Crippen molar-refractivity contribution in [2.45, 2.75) is 57.7 Å². The first kappa shape index (κ1) is 19.7. The molecule has 148 valence electrons. The molecule has 27 heavy (non-hydrogen) atoms. The van der Waals surface area contributed by atoms with Gasteiger partial charge in [0.15, 0.2) is 0 Å². The fraction of sp³-hybridized carbons (Fsp3) is 0.600. The highest BCUT2D eigenvalue weighted by molar-refractivity contribution is 5.98. The maximum Gasteiger partial charge on any atom is 0.257 e. The van der Waals surface area contributed by atoms with Crippen LogP contribution in [0.15, 0.2) is 18.2 Å². The van der Waals surface area contributed by atoms with E-state index in [1.54, 1.807) is 0 Å². The Morgan fingerprint density at radius 3 is 2.41 bits per heavy atom. The maximum atomic E-state index is 13.7. The van der Waals surface area contributed by atoms with Crippen LogP contribution < -0.4 is 5.32 Å². The maximum absolute atomic E-state index is 13.7. The predicted molar refractivity (Wildman–Crippen MR) is 95.9 cm³/mol. The molecule has 0 bridgehead atoms. The number of ether oxygens (including phenoxy) is 1. The molecule has 1 aromatic rings. The van der Waals surface area contributed by atoms with E-state index >= 15 is 0 Å². The summed E-state index contributed by atoms with van der Waals surface area (Å²) in [7, 11) is 0. The average molecular weight is 380 g/mol. The van der Waals surface area contributed by atoms with Gasteiger partial charge in [-0.2, -0.15) is 0 Å². The van der Waals surface area contributed by atoms with E-state index in [0.29, 0.717) is 19.4 Å². The van der Waals surface area contributed by atoms with Crippen molar-refractivity contribution in [3.05, 3.63) is 35.4 Å². The minimum absolute atomic E-state index is 0.0907. The van der Waals surface area contributed by atoms with Gasteiger partial charge in [-0.1, -0.05) is 20.3 Å². The molecule has 0 aromatic heterocycles. The normalized spacial score (nSPS) is 21.7. The van der Waals surface area contributed by atoms with Gasteiger partial charge < -0.3 is 10.1 Å². The van der Waals surface area contributed by atoms with Crippen LogP contribution in [0.4, 0.5) is 8.78 Å². The van der Waals surface area contributed by atoms with Crippen LogP contribution in [0.5, 0.6) is 0 Å². The fourth-order valence-electron chi connectivity index (χ4n) is 3.91. The molecule has 3 rings (SSSR count). The fourth-order valence-corrected chi connectivity index (χ4v) is 3.91. The summed E-state index contributed by atoms with van der Waals surface area (Å²) < 4.78 is 33.3. The predicted octanol–water partition coefficient (Wildman–Crippen LogP) is 3.24. The lowest BCUT2D eigenvalue weighted by atomic mass is 9.89. The summed E-state index contributed by atoms with van der Waals surface area (Å²) in [5.74, 6) is -2.25. The summed E-state index contributed by atoms with van der Waals surface area (Å²) in [6, 6.07) is 1.92. The Morgan fingerprint density at radius 1 is 1.19 bits per heavy atom. The molecular weight excluding hydrogens is 354 g/mol. The zero-order chi connectivity index (χ0) is 19.6. The van der Waals surface area contributed by atoms with Gasteiger partial charge >= 0.3 is 0 Å². The second-order valence-electron chi connectivity index (χ2n) is 7.81. The molecule has 1 heterocycles. The van der Waals surface area contributed by atoms with E-state index in [-0.39, 0.29) is 24.0 Å². The molecule has 7 heteroatoms. The van der Waals surface area contributed by atoms with Gasteiger partial charge in [-0.3, -0.25) is 14.5 Å². The van der Waals surface area contributed by atoms with Crippen LogP contribution in [0.2, 0.25) is 0 Å². The van der Waals surface area contributed by atoms with Crippen LogP contribution in [0.1, 0.15) is 56.3 Å². The molecule has 1 N–H and O–H groups in total. The molecule has 1 aliphatic carbocycles. The number of carbonyl (C=O) groups is 2. The Balaban J connectivity index is 1.92. The van der Waals surface area contributed by atoms with E-state index in [2.05, 4.69) is 5.32 Å². The smallest absolute Gasteiger partial charge is 0.257 e. The van der Waals surface area contributed by atoms with E-state index < -0.39 is 29.3 Å². The van der Waals surface area contributed by atoms with E-state index in [9.17, 15) is 18.4 Å². The largest absolute Gasteiger partial charge is 0.354 e. The molecular formula is C20H26F2N2O3. The van der Waals surface area contributed by atoms with Gasteiger partial charge in [0.2, 0.25) is 5.91 Å². The SMILES string of the molecule is CC(C)CNC(=O)[C@@H]1COC2(CCCCC2)N1C(=O)c1cc(F)cc(F)c1. The summed E-state index contributed by atoms with van der Waals surface area (Å²) in [4.78, 5) is 27.4. The van der Waals surface area contributed by atoms with Crippen LogP contribution in [-0.2, 0) is 9.53 Å². The zero-order valence-electron chi connectivity index (χ0n) is 15.8. The van der Waals surface area contributed by atoms with Gasteiger partial charge in [-0.05, 0) is 43.7 Å². The molecule has 1 saturated carbocycles. The number of amides is 2. The third-order valence-electron chi connectivity index (χ3n) is 5.21. The molecule has 1 saturated heterocycles. The van der Waals surface area contributed by atoms with Gasteiger partial charge in [-0.15, -0.1) is 0 Å². The number of nitrogens with one attached hydrogen (secondary N) is 1. The van der Waals surface area contributed by atoms with Crippen molar-refractivity contribution in [1.29, 1.82) is 0 Å². The van der Waals surface area contributed by atoms with Crippen LogP contribution >= 0.6 is 0 Å². The quantitative estimate of drug-likeness (QED) is 0.872. The van der Waals surface area contributed by atoms with E-state index in [1.165, 1.54) is 4.90 Å². The highest BCUT2D eigenvalue weighted by Gasteiger charge is 2.53. The first-order chi connectivity index (χ1) is 12.8. The highest BCUT2D eigenvalue weighted by Crippen LogP contribution is 2.41. The van der Waals surface area contributed by atoms with E-state index in [0.717, 1.165) is 37.5 Å². The summed E-state index contributed by atoms with van der Waals surface area (Å²) in [5, 5.41) is 2.84. The summed E-state index contributed by atoms with van der Waals surface area (Å²) >= 11 is 0. The third-order valence-corrected chi connectivity index (χ3v) is 5.21. The van der Waals surface area contributed by atoms with E-state index in [1.807, 2.05) is 13.8 Å². The molecule has 0 radical (unpaired) electrons. The highest BCUT2D eigenvalue weighted by atomic mass is 19.1. The van der Waals surface area contributed by atoms with Crippen molar-refractivity contribution in [3.63, 3.8) is 0 Å². The number of carbonyl (C=O) groups excluding carboxylic acids is 2. The second kappa shape index (κ2) is 7.92. The Kier molecular flexibility index (Phi) is 5.79.